The predicted octanol–water partition coefficient (Wildman–Crippen LogP) is 2.50. The summed E-state index contributed by atoms with van der Waals surface area (Å²) in [4.78, 5) is 6.47. The van der Waals surface area contributed by atoms with Gasteiger partial charge in [-0.15, -0.1) is 10.2 Å². The van der Waals surface area contributed by atoms with Crippen LogP contribution in [0.4, 0.5) is 5.13 Å². The quantitative estimate of drug-likeness (QED) is 0.848. The molecule has 4 heterocycles. The van der Waals surface area contributed by atoms with Crippen molar-refractivity contribution >= 4 is 16.5 Å². The summed E-state index contributed by atoms with van der Waals surface area (Å²) in [5.41, 5.74) is 2.23. The van der Waals surface area contributed by atoms with Gasteiger partial charge >= 0.3 is 0 Å². The van der Waals surface area contributed by atoms with Gasteiger partial charge < -0.3 is 14.4 Å². The second-order valence-electron chi connectivity index (χ2n) is 6.79. The van der Waals surface area contributed by atoms with Crippen molar-refractivity contribution in [3.8, 4) is 0 Å². The molecule has 24 heavy (non-hydrogen) atoms. The molecule has 2 aromatic rings. The molecule has 7 heteroatoms. The molecule has 0 saturated carbocycles. The monoisotopic (exact) mass is 346 g/mol. The maximum atomic E-state index is 6.14. The fourth-order valence-corrected chi connectivity index (χ4v) is 4.14. The summed E-state index contributed by atoms with van der Waals surface area (Å²) in [6.45, 7) is 7.19. The molecule has 0 radical (unpaired) electrons. The van der Waals surface area contributed by atoms with Crippen LogP contribution in [-0.2, 0) is 16.1 Å². The van der Waals surface area contributed by atoms with Gasteiger partial charge in [0.15, 0.2) is 0 Å². The number of aryl methyl sites for hydroxylation is 2. The van der Waals surface area contributed by atoms with Gasteiger partial charge in [0.25, 0.3) is 0 Å². The number of hydrogen-bond acceptors (Lipinski definition) is 7. The molecule has 0 amide bonds. The third-order valence-corrected chi connectivity index (χ3v) is 5.51. The fraction of sp³-hybridized carbons (Fsp3) is 0.588. The van der Waals surface area contributed by atoms with E-state index >= 15 is 0 Å². The summed E-state index contributed by atoms with van der Waals surface area (Å²) in [6, 6.07) is 2.13. The number of ether oxygens (including phenoxy) is 2. The highest BCUT2D eigenvalue weighted by Gasteiger charge is 2.48. The van der Waals surface area contributed by atoms with E-state index in [0.29, 0.717) is 6.61 Å². The maximum absolute atomic E-state index is 6.14. The van der Waals surface area contributed by atoms with Gasteiger partial charge in [-0.2, -0.15) is 0 Å². The Morgan fingerprint density at radius 3 is 2.96 bits per heavy atom. The second kappa shape index (κ2) is 6.38. The zero-order valence-electron chi connectivity index (χ0n) is 14.1. The number of aromatic nitrogens is 3. The Bertz CT molecular complexity index is 714. The minimum atomic E-state index is -0.0760. The molecule has 2 aliphatic rings. The highest BCUT2D eigenvalue weighted by molar-refractivity contribution is 7.15. The number of hydrogen-bond donors (Lipinski definition) is 0. The minimum absolute atomic E-state index is 0.0760. The summed E-state index contributed by atoms with van der Waals surface area (Å²) in [5.74, 6) is 0. The van der Waals surface area contributed by atoms with Crippen LogP contribution in [0.5, 0.6) is 0 Å². The van der Waals surface area contributed by atoms with Gasteiger partial charge in [-0.3, -0.25) is 4.98 Å². The van der Waals surface area contributed by atoms with Crippen molar-refractivity contribution in [3.63, 3.8) is 0 Å². The first-order valence-electron chi connectivity index (χ1n) is 8.33. The molecule has 2 aliphatic heterocycles. The lowest BCUT2D eigenvalue weighted by molar-refractivity contribution is -0.148. The van der Waals surface area contributed by atoms with Crippen LogP contribution in [0.1, 0.15) is 29.0 Å². The Hall–Kier alpha value is -1.57. The van der Waals surface area contributed by atoms with Crippen LogP contribution < -0.4 is 4.90 Å². The Labute approximate surface area is 145 Å². The Morgan fingerprint density at radius 2 is 2.21 bits per heavy atom. The van der Waals surface area contributed by atoms with E-state index in [1.54, 1.807) is 11.3 Å². The van der Waals surface area contributed by atoms with E-state index in [0.717, 1.165) is 48.2 Å². The first-order chi connectivity index (χ1) is 11.6. The van der Waals surface area contributed by atoms with Gasteiger partial charge in [0, 0.05) is 25.4 Å². The molecule has 128 valence electrons. The highest BCUT2D eigenvalue weighted by atomic mass is 32.1. The summed E-state index contributed by atoms with van der Waals surface area (Å²) in [5, 5.41) is 10.3. The molecule has 0 bridgehead atoms. The molecule has 1 spiro atoms. The van der Waals surface area contributed by atoms with E-state index < -0.39 is 0 Å². The first-order valence-corrected chi connectivity index (χ1v) is 9.15. The molecule has 2 aromatic heterocycles. The smallest absolute Gasteiger partial charge is 0.208 e. The largest absolute Gasteiger partial charge is 0.373 e. The molecule has 2 saturated heterocycles. The molecule has 1 atom stereocenters. The SMILES string of the molecule is Cc1cncc(COC2CCOC3(C2)CN(c2nnc(C)s2)C3)c1. The van der Waals surface area contributed by atoms with Crippen molar-refractivity contribution in [2.24, 2.45) is 0 Å². The van der Waals surface area contributed by atoms with Crippen LogP contribution in [0.15, 0.2) is 18.5 Å². The van der Waals surface area contributed by atoms with E-state index in [4.69, 9.17) is 9.47 Å². The summed E-state index contributed by atoms with van der Waals surface area (Å²) < 4.78 is 12.2. The number of rotatable bonds is 4. The lowest BCUT2D eigenvalue weighted by Crippen LogP contribution is -2.66. The number of nitrogens with zero attached hydrogens (tertiary/aromatic N) is 4. The lowest BCUT2D eigenvalue weighted by Gasteiger charge is -2.52. The molecule has 4 rings (SSSR count). The van der Waals surface area contributed by atoms with Gasteiger partial charge in [0.1, 0.15) is 10.6 Å². The second-order valence-corrected chi connectivity index (χ2v) is 7.95. The summed E-state index contributed by atoms with van der Waals surface area (Å²) in [7, 11) is 0. The standard InChI is InChI=1S/C17H22N4O2S/c1-12-5-14(8-18-7-12)9-22-15-3-4-23-17(6-15)10-21(11-17)16-20-19-13(2)24-16/h5,7-8,15H,3-4,6,9-11H2,1-2H3. The van der Waals surface area contributed by atoms with Crippen LogP contribution in [0.25, 0.3) is 0 Å². The zero-order chi connectivity index (χ0) is 16.6. The van der Waals surface area contributed by atoms with Crippen molar-refractivity contribution in [1.82, 2.24) is 15.2 Å². The first kappa shape index (κ1) is 15.9. The van der Waals surface area contributed by atoms with Crippen molar-refractivity contribution in [2.75, 3.05) is 24.6 Å². The van der Waals surface area contributed by atoms with Gasteiger partial charge in [-0.25, -0.2) is 0 Å². The van der Waals surface area contributed by atoms with E-state index in [1.165, 1.54) is 5.56 Å². The average molecular weight is 346 g/mol. The molecule has 0 N–H and O–H groups in total. The van der Waals surface area contributed by atoms with Crippen LogP contribution in [-0.4, -0.2) is 46.6 Å². The van der Waals surface area contributed by atoms with Crippen LogP contribution in [0.2, 0.25) is 0 Å². The van der Waals surface area contributed by atoms with Crippen LogP contribution in [0.3, 0.4) is 0 Å². The van der Waals surface area contributed by atoms with Gasteiger partial charge in [0.2, 0.25) is 5.13 Å². The number of anilines is 1. The summed E-state index contributed by atoms with van der Waals surface area (Å²) in [6.07, 6.45) is 5.90. The van der Waals surface area contributed by atoms with Gasteiger partial charge in [0.05, 0.1) is 25.8 Å². The van der Waals surface area contributed by atoms with E-state index in [-0.39, 0.29) is 11.7 Å². The van der Waals surface area contributed by atoms with Crippen LogP contribution >= 0.6 is 11.3 Å². The van der Waals surface area contributed by atoms with Crippen molar-refractivity contribution in [2.45, 2.75) is 45.0 Å². The topological polar surface area (TPSA) is 60.4 Å². The zero-order valence-corrected chi connectivity index (χ0v) is 14.9. The highest BCUT2D eigenvalue weighted by Crippen LogP contribution is 2.38. The van der Waals surface area contributed by atoms with Gasteiger partial charge in [-0.05, 0) is 31.4 Å². The fourth-order valence-electron chi connectivity index (χ4n) is 3.45. The third kappa shape index (κ3) is 3.29. The Balaban J connectivity index is 1.32. The van der Waals surface area contributed by atoms with Gasteiger partial charge in [-0.1, -0.05) is 17.4 Å². The van der Waals surface area contributed by atoms with E-state index in [2.05, 4.69) is 33.1 Å². The Kier molecular flexibility index (Phi) is 4.24. The molecular weight excluding hydrogens is 324 g/mol. The third-order valence-electron chi connectivity index (χ3n) is 4.61. The van der Waals surface area contributed by atoms with E-state index in [9.17, 15) is 0 Å². The molecular formula is C17H22N4O2S. The minimum Gasteiger partial charge on any atom is -0.373 e. The normalized spacial score (nSPS) is 22.6. The van der Waals surface area contributed by atoms with E-state index in [1.807, 2.05) is 19.3 Å². The molecule has 2 fully saturated rings. The van der Waals surface area contributed by atoms with Crippen molar-refractivity contribution < 1.29 is 9.47 Å². The van der Waals surface area contributed by atoms with Crippen LogP contribution in [0, 0.1) is 13.8 Å². The number of pyridine rings is 1. The van der Waals surface area contributed by atoms with Crippen molar-refractivity contribution in [1.29, 1.82) is 0 Å². The maximum Gasteiger partial charge on any atom is 0.208 e. The Morgan fingerprint density at radius 1 is 1.33 bits per heavy atom. The molecule has 0 aliphatic carbocycles. The summed E-state index contributed by atoms with van der Waals surface area (Å²) >= 11 is 1.64. The molecule has 1 unspecified atom stereocenters. The van der Waals surface area contributed by atoms with Crippen molar-refractivity contribution in [3.05, 3.63) is 34.6 Å². The molecule has 6 nitrogen and oxygen atoms in total. The predicted molar refractivity (Wildman–Crippen MR) is 92.3 cm³/mol. The lowest BCUT2D eigenvalue weighted by atomic mass is 9.85. The molecule has 0 aromatic carbocycles. The average Bonchev–Trinajstić information content (AvgIpc) is 2.97.